The van der Waals surface area contributed by atoms with Crippen LogP contribution in [0.4, 0.5) is 14.6 Å². The Kier molecular flexibility index (Phi) is 3.40. The molecule has 0 aliphatic carbocycles. The minimum Gasteiger partial charge on any atom is -0.382 e. The molecule has 0 bridgehead atoms. The summed E-state index contributed by atoms with van der Waals surface area (Å²) in [5.74, 6) is -1.81. The Labute approximate surface area is 131 Å². The van der Waals surface area contributed by atoms with E-state index in [0.717, 1.165) is 6.07 Å². The molecular weight excluding hydrogens is 358 g/mol. The minimum absolute atomic E-state index is 0.00519. The Balaban J connectivity index is 2.34. The van der Waals surface area contributed by atoms with Crippen molar-refractivity contribution in [3.63, 3.8) is 0 Å². The molecule has 2 heterocycles. The molecule has 3 rings (SSSR count). The number of nitrogens with two attached hydrogens (primary N) is 1. The fraction of sp³-hybridized carbons (Fsp3) is 0.0714. The van der Waals surface area contributed by atoms with Crippen molar-refractivity contribution >= 4 is 32.5 Å². The van der Waals surface area contributed by atoms with Gasteiger partial charge in [-0.1, -0.05) is 0 Å². The van der Waals surface area contributed by atoms with Crippen molar-refractivity contribution in [2.45, 2.75) is 6.92 Å². The number of benzene rings is 1. The molecule has 0 atom stereocenters. The lowest BCUT2D eigenvalue weighted by molar-refractivity contribution is 0.570. The van der Waals surface area contributed by atoms with Crippen LogP contribution in [0.15, 0.2) is 27.6 Å². The monoisotopic (exact) mass is 366 g/mol. The SMILES string of the molecule is Cc1cc2cc(-c3nc(Br)c(F)nc3N)c(F)cc2c(=O)[nH]1. The molecular formula is C14H9BrF2N4O. The maximum atomic E-state index is 14.3. The summed E-state index contributed by atoms with van der Waals surface area (Å²) in [4.78, 5) is 21.8. The second-order valence-corrected chi connectivity index (χ2v) is 5.49. The van der Waals surface area contributed by atoms with Crippen LogP contribution in [0.1, 0.15) is 5.69 Å². The van der Waals surface area contributed by atoms with Crippen LogP contribution in [0.2, 0.25) is 0 Å². The lowest BCUT2D eigenvalue weighted by Gasteiger charge is -2.08. The first-order valence-electron chi connectivity index (χ1n) is 6.19. The van der Waals surface area contributed by atoms with Crippen molar-refractivity contribution in [2.24, 2.45) is 0 Å². The number of rotatable bonds is 1. The summed E-state index contributed by atoms with van der Waals surface area (Å²) in [5, 5.41) is 0.735. The molecule has 0 radical (unpaired) electrons. The third kappa shape index (κ3) is 2.35. The van der Waals surface area contributed by atoms with Crippen LogP contribution in [-0.4, -0.2) is 15.0 Å². The Morgan fingerprint density at radius 3 is 2.68 bits per heavy atom. The van der Waals surface area contributed by atoms with Gasteiger partial charge in [-0.3, -0.25) is 4.79 Å². The van der Waals surface area contributed by atoms with E-state index in [-0.39, 0.29) is 32.6 Å². The van der Waals surface area contributed by atoms with E-state index in [1.807, 2.05) is 0 Å². The molecule has 0 spiro atoms. The average molecular weight is 367 g/mol. The molecule has 22 heavy (non-hydrogen) atoms. The fourth-order valence-corrected chi connectivity index (χ4v) is 2.47. The quantitative estimate of drug-likeness (QED) is 0.693. The highest BCUT2D eigenvalue weighted by atomic mass is 79.9. The molecule has 3 N–H and O–H groups in total. The summed E-state index contributed by atoms with van der Waals surface area (Å²) < 4.78 is 27.4. The smallest absolute Gasteiger partial charge is 0.256 e. The number of nitrogens with one attached hydrogen (secondary N) is 1. The Bertz CT molecular complexity index is 971. The molecule has 0 saturated carbocycles. The number of pyridine rings is 1. The lowest BCUT2D eigenvalue weighted by Crippen LogP contribution is -2.08. The van der Waals surface area contributed by atoms with Crippen LogP contribution >= 0.6 is 15.9 Å². The van der Waals surface area contributed by atoms with Gasteiger partial charge >= 0.3 is 0 Å². The molecule has 112 valence electrons. The Morgan fingerprint density at radius 1 is 1.23 bits per heavy atom. The number of aromatic amines is 1. The molecule has 3 aromatic rings. The molecule has 0 amide bonds. The zero-order chi connectivity index (χ0) is 16.0. The van der Waals surface area contributed by atoms with Gasteiger partial charge in [-0.2, -0.15) is 9.37 Å². The van der Waals surface area contributed by atoms with E-state index in [9.17, 15) is 13.6 Å². The number of hydrogen-bond donors (Lipinski definition) is 2. The highest BCUT2D eigenvalue weighted by Gasteiger charge is 2.16. The van der Waals surface area contributed by atoms with E-state index in [4.69, 9.17) is 5.73 Å². The molecule has 0 aliphatic heterocycles. The van der Waals surface area contributed by atoms with E-state index < -0.39 is 11.8 Å². The molecule has 2 aromatic heterocycles. The number of nitrogen functional groups attached to an aromatic ring is 1. The van der Waals surface area contributed by atoms with E-state index in [1.54, 1.807) is 13.0 Å². The number of aromatic nitrogens is 3. The summed E-state index contributed by atoms with van der Waals surface area (Å²) >= 11 is 2.89. The van der Waals surface area contributed by atoms with Gasteiger partial charge in [-0.05, 0) is 46.4 Å². The van der Waals surface area contributed by atoms with E-state index >= 15 is 0 Å². The van der Waals surface area contributed by atoms with Gasteiger partial charge in [-0.15, -0.1) is 0 Å². The number of fused-ring (bicyclic) bond motifs is 1. The molecule has 0 fully saturated rings. The number of H-pyrrole nitrogens is 1. The van der Waals surface area contributed by atoms with Crippen molar-refractivity contribution < 1.29 is 8.78 Å². The van der Waals surface area contributed by atoms with Crippen LogP contribution in [-0.2, 0) is 0 Å². The number of anilines is 1. The second kappa shape index (κ2) is 5.13. The first-order valence-corrected chi connectivity index (χ1v) is 6.98. The van der Waals surface area contributed by atoms with E-state index in [0.29, 0.717) is 11.1 Å². The normalized spacial score (nSPS) is 11.1. The predicted octanol–water partition coefficient (Wildman–Crippen LogP) is 2.92. The summed E-state index contributed by atoms with van der Waals surface area (Å²) in [6.45, 7) is 1.71. The average Bonchev–Trinajstić information content (AvgIpc) is 2.43. The van der Waals surface area contributed by atoms with Crippen molar-refractivity contribution in [1.29, 1.82) is 0 Å². The maximum absolute atomic E-state index is 14.3. The van der Waals surface area contributed by atoms with Crippen molar-refractivity contribution in [2.75, 3.05) is 5.73 Å². The Morgan fingerprint density at radius 2 is 1.95 bits per heavy atom. The van der Waals surface area contributed by atoms with Gasteiger partial charge in [0.05, 0.1) is 0 Å². The highest BCUT2D eigenvalue weighted by molar-refractivity contribution is 9.10. The number of halogens is 3. The fourth-order valence-electron chi connectivity index (χ4n) is 2.21. The highest BCUT2D eigenvalue weighted by Crippen LogP contribution is 2.30. The summed E-state index contributed by atoms with van der Waals surface area (Å²) in [6, 6.07) is 4.24. The van der Waals surface area contributed by atoms with E-state index in [2.05, 4.69) is 30.9 Å². The number of nitrogens with zero attached hydrogens (tertiary/aromatic N) is 2. The molecule has 0 aliphatic rings. The van der Waals surface area contributed by atoms with Gasteiger partial charge in [-0.25, -0.2) is 9.37 Å². The van der Waals surface area contributed by atoms with Crippen molar-refractivity contribution in [3.8, 4) is 11.3 Å². The van der Waals surface area contributed by atoms with Gasteiger partial charge in [0.25, 0.3) is 5.56 Å². The predicted molar refractivity (Wildman–Crippen MR) is 82.4 cm³/mol. The molecule has 8 heteroatoms. The maximum Gasteiger partial charge on any atom is 0.256 e. The van der Waals surface area contributed by atoms with Gasteiger partial charge in [0.15, 0.2) is 10.4 Å². The first-order chi connectivity index (χ1) is 10.4. The van der Waals surface area contributed by atoms with Gasteiger partial charge in [0.1, 0.15) is 11.5 Å². The molecule has 1 aromatic carbocycles. The lowest BCUT2D eigenvalue weighted by atomic mass is 10.0. The summed E-state index contributed by atoms with van der Waals surface area (Å²) in [5.41, 5.74) is 5.92. The van der Waals surface area contributed by atoms with Gasteiger partial charge in [0.2, 0.25) is 5.95 Å². The largest absolute Gasteiger partial charge is 0.382 e. The van der Waals surface area contributed by atoms with Crippen LogP contribution in [0.5, 0.6) is 0 Å². The summed E-state index contributed by atoms with van der Waals surface area (Å²) in [6.07, 6.45) is 0. The van der Waals surface area contributed by atoms with Gasteiger partial charge in [0, 0.05) is 16.6 Å². The van der Waals surface area contributed by atoms with Crippen LogP contribution in [0, 0.1) is 18.7 Å². The standard InChI is InChI=1S/C14H9BrF2N4O/c1-5-2-6-3-8(9(16)4-7(6)14(22)19-5)10-13(18)21-12(17)11(15)20-10/h2-4H,1H3,(H2,18,21)(H,19,22). The van der Waals surface area contributed by atoms with Crippen molar-refractivity contribution in [1.82, 2.24) is 15.0 Å². The zero-order valence-electron chi connectivity index (χ0n) is 11.2. The van der Waals surface area contributed by atoms with Crippen LogP contribution in [0.3, 0.4) is 0 Å². The van der Waals surface area contributed by atoms with E-state index in [1.165, 1.54) is 6.07 Å². The van der Waals surface area contributed by atoms with Gasteiger partial charge < -0.3 is 10.7 Å². The van der Waals surface area contributed by atoms with Crippen LogP contribution < -0.4 is 11.3 Å². The Hall–Kier alpha value is -2.35. The first kappa shape index (κ1) is 14.6. The minimum atomic E-state index is -0.880. The third-order valence-corrected chi connectivity index (χ3v) is 3.67. The number of hydrogen-bond acceptors (Lipinski definition) is 4. The summed E-state index contributed by atoms with van der Waals surface area (Å²) in [7, 11) is 0. The second-order valence-electron chi connectivity index (χ2n) is 4.74. The topological polar surface area (TPSA) is 84.7 Å². The number of aryl methyl sites for hydroxylation is 1. The zero-order valence-corrected chi connectivity index (χ0v) is 12.8. The third-order valence-electron chi connectivity index (χ3n) is 3.16. The molecule has 0 unspecified atom stereocenters. The van der Waals surface area contributed by atoms with Crippen molar-refractivity contribution in [3.05, 3.63) is 50.6 Å². The molecule has 0 saturated heterocycles. The molecule has 5 nitrogen and oxygen atoms in total. The van der Waals surface area contributed by atoms with Crippen LogP contribution in [0.25, 0.3) is 22.0 Å².